The van der Waals surface area contributed by atoms with Crippen molar-refractivity contribution in [3.63, 3.8) is 0 Å². The number of carbonyl (C=O) groups excluding carboxylic acids is 3. The van der Waals surface area contributed by atoms with Crippen molar-refractivity contribution in [3.8, 4) is 5.75 Å². The Balaban J connectivity index is 1.55. The monoisotopic (exact) mass is 640 g/mol. The second kappa shape index (κ2) is 12.2. The highest BCUT2D eigenvalue weighted by Gasteiger charge is 2.55. The van der Waals surface area contributed by atoms with Gasteiger partial charge in [0.2, 0.25) is 24.0 Å². The van der Waals surface area contributed by atoms with Gasteiger partial charge in [0.05, 0.1) is 5.69 Å². The zero-order valence-corrected chi connectivity index (χ0v) is 24.1. The van der Waals surface area contributed by atoms with Gasteiger partial charge >= 0.3 is 11.9 Å². The lowest BCUT2D eigenvalue weighted by Gasteiger charge is -2.49. The summed E-state index contributed by atoms with van der Waals surface area (Å²) in [5.74, 6) is -4.87. The first-order valence-electron chi connectivity index (χ1n) is 11.9. The Bertz CT molecular complexity index is 1560. The highest BCUT2D eigenvalue weighted by atomic mass is 35.5. The van der Waals surface area contributed by atoms with Crippen molar-refractivity contribution in [2.24, 2.45) is 5.16 Å². The number of aromatic nitrogens is 2. The minimum Gasteiger partial charge on any atom is -0.501 e. The number of anilines is 2. The van der Waals surface area contributed by atoms with Gasteiger partial charge in [0, 0.05) is 24.3 Å². The zero-order chi connectivity index (χ0) is 30.9. The summed E-state index contributed by atoms with van der Waals surface area (Å²) in [6.07, 6.45) is 1.40. The highest BCUT2D eigenvalue weighted by Crippen LogP contribution is 2.40. The van der Waals surface area contributed by atoms with Crippen LogP contribution >= 0.6 is 34.7 Å². The third kappa shape index (κ3) is 6.24. The number of thioether (sulfide) groups is 1. The van der Waals surface area contributed by atoms with Crippen LogP contribution in [0.5, 0.6) is 5.75 Å². The average molecular weight is 641 g/mol. The number of oxime groups is 1. The van der Waals surface area contributed by atoms with E-state index in [-0.39, 0.29) is 50.5 Å². The number of nitrogens with one attached hydrogen (secondary N) is 2. The summed E-state index contributed by atoms with van der Waals surface area (Å²) in [4.78, 5) is 70.8. The third-order valence-electron chi connectivity index (χ3n) is 5.91. The number of nitrogens with two attached hydrogens (primary N) is 1. The number of nitrogens with zero attached hydrogens (tertiary/aromatic N) is 4. The van der Waals surface area contributed by atoms with E-state index in [1.807, 2.05) is 0 Å². The van der Waals surface area contributed by atoms with Crippen LogP contribution in [0.3, 0.4) is 0 Å². The van der Waals surface area contributed by atoms with E-state index in [9.17, 15) is 34.2 Å². The van der Waals surface area contributed by atoms with Gasteiger partial charge in [-0.2, -0.15) is 4.57 Å². The summed E-state index contributed by atoms with van der Waals surface area (Å²) < 4.78 is 1.46. The lowest BCUT2D eigenvalue weighted by molar-refractivity contribution is -0.689. The molecule has 3 amide bonds. The maximum absolute atomic E-state index is 13.2. The van der Waals surface area contributed by atoms with Crippen molar-refractivity contribution in [2.45, 2.75) is 37.9 Å². The van der Waals surface area contributed by atoms with E-state index in [0.717, 1.165) is 16.2 Å². The number of hydrogen-bond acceptors (Lipinski definition) is 12. The molecule has 1 saturated heterocycles. The van der Waals surface area contributed by atoms with Crippen molar-refractivity contribution in [2.75, 3.05) is 16.8 Å². The van der Waals surface area contributed by atoms with Gasteiger partial charge in [0.1, 0.15) is 27.1 Å². The van der Waals surface area contributed by atoms with Crippen molar-refractivity contribution in [1.82, 2.24) is 15.2 Å². The Labute approximate surface area is 249 Å². The molecule has 2 aliphatic heterocycles. The number of carboxylic acids is 2. The average Bonchev–Trinajstić information content (AvgIpc) is 3.25. The molecule has 0 saturated carbocycles. The molecule has 42 heavy (non-hydrogen) atoms. The largest absolute Gasteiger partial charge is 0.501 e. The molecule has 3 atom stereocenters. The standard InChI is InChI=1S/C23H22ClN7O9S2/c1-8(21(36)37)40-29-14(13-17(24)42-23(25)28-13)18(34)27-15-19(35)31-16(22(38)39)10(7-41-20(15)31)5-30-4-3-11(12(33)6-30)26-9(2)32/h3-4,6,8,15,20H,5,7H2,1-2H3,(H6,25,27,28,33,34,36,37,38,39)/p+1/b29-14-/t8-,15+,20?/m0/s1. The van der Waals surface area contributed by atoms with Crippen molar-refractivity contribution in [1.29, 1.82) is 0 Å². The molecule has 1 fully saturated rings. The molecular weight excluding hydrogens is 618 g/mol. The van der Waals surface area contributed by atoms with Crippen molar-refractivity contribution >= 4 is 80.9 Å². The maximum Gasteiger partial charge on any atom is 0.352 e. The lowest BCUT2D eigenvalue weighted by atomic mass is 10.0. The number of aliphatic carboxylic acids is 2. The third-order valence-corrected chi connectivity index (χ3v) is 8.33. The van der Waals surface area contributed by atoms with E-state index >= 15 is 0 Å². The predicted molar refractivity (Wildman–Crippen MR) is 149 cm³/mol. The number of β-lactam (4-membered cyclic amide) rings is 1. The summed E-state index contributed by atoms with van der Waals surface area (Å²) in [6, 6.07) is 0.281. The molecular formula is C23H23ClN7O9S2+. The molecule has 0 aromatic carbocycles. The Morgan fingerprint density at radius 2 is 2.07 bits per heavy atom. The smallest absolute Gasteiger partial charge is 0.352 e. The molecule has 4 heterocycles. The molecule has 7 N–H and O–H groups in total. The number of aromatic hydroxyl groups is 1. The number of nitrogen functional groups attached to an aromatic ring is 1. The topological polar surface area (TPSA) is 238 Å². The molecule has 16 nitrogen and oxygen atoms in total. The van der Waals surface area contributed by atoms with E-state index in [2.05, 4.69) is 20.8 Å². The first-order valence-corrected chi connectivity index (χ1v) is 14.1. The van der Waals surface area contributed by atoms with E-state index < -0.39 is 47.0 Å². The number of thiazole rings is 1. The van der Waals surface area contributed by atoms with Gasteiger partial charge in [0.25, 0.3) is 11.8 Å². The van der Waals surface area contributed by atoms with Gasteiger partial charge in [-0.05, 0) is 6.92 Å². The van der Waals surface area contributed by atoms with E-state index in [0.29, 0.717) is 5.57 Å². The first kappa shape index (κ1) is 30.5. The van der Waals surface area contributed by atoms with Crippen molar-refractivity contribution < 1.29 is 48.7 Å². The number of carboxylic acid groups (broad SMARTS) is 2. The summed E-state index contributed by atoms with van der Waals surface area (Å²) in [5.41, 5.74) is 5.21. The minimum atomic E-state index is -1.43. The molecule has 222 valence electrons. The van der Waals surface area contributed by atoms with Gasteiger partial charge < -0.3 is 36.5 Å². The fourth-order valence-corrected chi connectivity index (χ4v) is 6.25. The van der Waals surface area contributed by atoms with Crippen LogP contribution in [0, 0.1) is 0 Å². The van der Waals surface area contributed by atoms with Crippen molar-refractivity contribution in [3.05, 3.63) is 39.8 Å². The number of halogens is 1. The SMILES string of the molecule is CC(=O)Nc1cc[n+](CC2=C(C(=O)O)N3C(=O)[C@@H](NC(=O)/C(=N\O[C@@H](C)C(=O)O)c4nc(N)sc4Cl)C3SC2)cc1O. The van der Waals surface area contributed by atoms with E-state index in [1.54, 1.807) is 0 Å². The molecule has 2 aromatic rings. The summed E-state index contributed by atoms with van der Waals surface area (Å²) >= 11 is 8.15. The van der Waals surface area contributed by atoms with Gasteiger partial charge in [-0.1, -0.05) is 28.1 Å². The Morgan fingerprint density at radius 3 is 2.64 bits per heavy atom. The van der Waals surface area contributed by atoms with Crippen LogP contribution in [0.25, 0.3) is 0 Å². The van der Waals surface area contributed by atoms with Crippen LogP contribution in [0.15, 0.2) is 34.9 Å². The van der Waals surface area contributed by atoms with Crippen LogP contribution in [-0.4, -0.2) is 83.8 Å². The van der Waals surface area contributed by atoms with Crippen LogP contribution in [0.2, 0.25) is 4.34 Å². The molecule has 0 aliphatic carbocycles. The Kier molecular flexibility index (Phi) is 8.88. The van der Waals surface area contributed by atoms with Crippen LogP contribution < -0.4 is 20.9 Å². The second-order valence-corrected chi connectivity index (χ2v) is 11.7. The number of hydrogen-bond donors (Lipinski definition) is 6. The molecule has 1 unspecified atom stereocenters. The van der Waals surface area contributed by atoms with Gasteiger partial charge in [-0.15, -0.1) is 11.8 Å². The number of fused-ring (bicyclic) bond motifs is 1. The van der Waals surface area contributed by atoms with Crippen LogP contribution in [-0.2, 0) is 35.4 Å². The van der Waals surface area contributed by atoms with E-state index in [4.69, 9.17) is 27.3 Å². The fourth-order valence-electron chi connectivity index (χ4n) is 3.99. The minimum absolute atomic E-state index is 0.00442. The first-order chi connectivity index (χ1) is 19.8. The lowest BCUT2D eigenvalue weighted by Crippen LogP contribution is -2.71. The fraction of sp³-hybridized carbons (Fsp3) is 0.304. The van der Waals surface area contributed by atoms with Gasteiger partial charge in [-0.25, -0.2) is 14.6 Å². The molecule has 19 heteroatoms. The van der Waals surface area contributed by atoms with Gasteiger partial charge in [-0.3, -0.25) is 19.3 Å². The normalized spacial score (nSPS) is 19.0. The quantitative estimate of drug-likeness (QED) is 0.0868. The van der Waals surface area contributed by atoms with Crippen LogP contribution in [0.4, 0.5) is 10.8 Å². The summed E-state index contributed by atoms with van der Waals surface area (Å²) in [6.45, 7) is 2.47. The predicted octanol–water partition coefficient (Wildman–Crippen LogP) is -0.0372. The summed E-state index contributed by atoms with van der Waals surface area (Å²) in [5, 5.41) is 37.0. The highest BCUT2D eigenvalue weighted by molar-refractivity contribution is 8.00. The molecule has 0 bridgehead atoms. The molecule has 2 aromatic heterocycles. The number of carbonyl (C=O) groups is 5. The van der Waals surface area contributed by atoms with Gasteiger partial charge in [0.15, 0.2) is 23.6 Å². The number of amides is 3. The molecule has 0 radical (unpaired) electrons. The van der Waals surface area contributed by atoms with Crippen LogP contribution in [0.1, 0.15) is 19.5 Å². The summed E-state index contributed by atoms with van der Waals surface area (Å²) in [7, 11) is 0. The Hall–Kier alpha value is -4.42. The second-order valence-electron chi connectivity index (χ2n) is 8.92. The molecule has 2 aliphatic rings. The molecule has 4 rings (SSSR count). The molecule has 0 spiro atoms. The van der Waals surface area contributed by atoms with E-state index in [1.165, 1.54) is 48.6 Å². The Morgan fingerprint density at radius 1 is 1.36 bits per heavy atom. The number of rotatable bonds is 10. The zero-order valence-electron chi connectivity index (χ0n) is 21.7. The maximum atomic E-state index is 13.2. The number of pyridine rings is 1.